The number of hydrogen-bond donors (Lipinski definition) is 1. The second kappa shape index (κ2) is 17.7. The van der Waals surface area contributed by atoms with Crippen LogP contribution in [0, 0.1) is 0 Å². The van der Waals surface area contributed by atoms with Crippen LogP contribution in [-0.2, 0) is 0 Å². The Morgan fingerprint density at radius 1 is 0.821 bits per heavy atom. The number of fused-ring (bicyclic) bond motifs is 1. The van der Waals surface area contributed by atoms with Crippen LogP contribution >= 0.6 is 0 Å². The van der Waals surface area contributed by atoms with Crippen molar-refractivity contribution in [1.82, 2.24) is 19.9 Å². The molecule has 1 aromatic carbocycles. The highest BCUT2D eigenvalue weighted by Gasteiger charge is 2.21. The Kier molecular flexibility index (Phi) is 13.9. The van der Waals surface area contributed by atoms with E-state index >= 15 is 0 Å². The van der Waals surface area contributed by atoms with Crippen LogP contribution in [0.25, 0.3) is 16.9 Å². The molecule has 0 bridgehead atoms. The molecule has 5 nitrogen and oxygen atoms in total. The third kappa shape index (κ3) is 10.3. The first-order valence-corrected chi connectivity index (χ1v) is 15.1. The van der Waals surface area contributed by atoms with Crippen LogP contribution in [0.5, 0.6) is 0 Å². The van der Waals surface area contributed by atoms with Gasteiger partial charge in [0, 0.05) is 12.1 Å². The quantitative estimate of drug-likeness (QED) is 0.145. The van der Waals surface area contributed by atoms with Gasteiger partial charge in [0.25, 0.3) is 12.3 Å². The zero-order valence-electron chi connectivity index (χ0n) is 23.6. The van der Waals surface area contributed by atoms with E-state index < -0.39 is 6.43 Å². The lowest BCUT2D eigenvalue weighted by atomic mass is 10.0. The summed E-state index contributed by atoms with van der Waals surface area (Å²) in [7, 11) is 0. The number of nitrogens with zero attached hydrogens (tertiary/aromatic N) is 3. The van der Waals surface area contributed by atoms with Gasteiger partial charge in [-0.25, -0.2) is 18.3 Å². The lowest BCUT2D eigenvalue weighted by Gasteiger charge is -2.09. The van der Waals surface area contributed by atoms with Crippen molar-refractivity contribution in [1.29, 1.82) is 0 Å². The number of carbonyl (C=O) groups is 1. The van der Waals surface area contributed by atoms with E-state index in [4.69, 9.17) is 0 Å². The van der Waals surface area contributed by atoms with E-state index in [2.05, 4.69) is 22.3 Å². The van der Waals surface area contributed by atoms with Crippen molar-refractivity contribution in [2.24, 2.45) is 0 Å². The second-order valence-corrected chi connectivity index (χ2v) is 10.6. The molecule has 0 aliphatic heterocycles. The number of amides is 1. The summed E-state index contributed by atoms with van der Waals surface area (Å²) in [5, 5.41) is 6.95. The number of unbranched alkanes of at least 4 members (excludes halogenated alkanes) is 15. The molecule has 2 aromatic heterocycles. The Morgan fingerprint density at radius 2 is 1.36 bits per heavy atom. The standard InChI is InChI=1S/C32H46F2N4O/c1-2-3-4-5-6-7-8-9-10-11-12-13-14-15-16-20-23-35-32(39)27-25-36-38-29(30(33)34)24-28(37-31(27)38)26-21-18-17-19-22-26/h17-19,21-22,24-25,30H,2-16,20,23H2,1H3,(H,35,39). The van der Waals surface area contributed by atoms with Gasteiger partial charge < -0.3 is 5.32 Å². The number of halogens is 2. The predicted molar refractivity (Wildman–Crippen MR) is 155 cm³/mol. The largest absolute Gasteiger partial charge is 0.352 e. The molecule has 3 aromatic rings. The smallest absolute Gasteiger partial charge is 0.280 e. The molecule has 1 amide bonds. The molecule has 214 valence electrons. The lowest BCUT2D eigenvalue weighted by Crippen LogP contribution is -2.24. The maximum atomic E-state index is 13.7. The summed E-state index contributed by atoms with van der Waals surface area (Å²) in [5.41, 5.74) is 1.19. The molecule has 0 radical (unpaired) electrons. The van der Waals surface area contributed by atoms with Crippen molar-refractivity contribution in [2.75, 3.05) is 6.54 Å². The highest BCUT2D eigenvalue weighted by molar-refractivity contribution is 5.99. The monoisotopic (exact) mass is 540 g/mol. The van der Waals surface area contributed by atoms with Crippen molar-refractivity contribution >= 4 is 11.6 Å². The van der Waals surface area contributed by atoms with Gasteiger partial charge in [0.15, 0.2) is 5.65 Å². The number of aromatic nitrogens is 3. The second-order valence-electron chi connectivity index (χ2n) is 10.6. The molecule has 7 heteroatoms. The van der Waals surface area contributed by atoms with E-state index in [0.717, 1.165) is 17.4 Å². The predicted octanol–water partition coefficient (Wildman–Crippen LogP) is 9.33. The molecule has 3 rings (SSSR count). The zero-order chi connectivity index (χ0) is 27.7. The summed E-state index contributed by atoms with van der Waals surface area (Å²) in [6.07, 6.45) is 19.4. The van der Waals surface area contributed by atoms with E-state index in [1.807, 2.05) is 30.3 Å². The topological polar surface area (TPSA) is 59.3 Å². The minimum Gasteiger partial charge on any atom is -0.352 e. The van der Waals surface area contributed by atoms with Crippen LogP contribution in [0.4, 0.5) is 8.78 Å². The fraction of sp³-hybridized carbons (Fsp3) is 0.594. The number of nitrogens with one attached hydrogen (secondary N) is 1. The summed E-state index contributed by atoms with van der Waals surface area (Å²) in [6, 6.07) is 10.4. The number of carbonyl (C=O) groups excluding carboxylic acids is 1. The van der Waals surface area contributed by atoms with E-state index in [9.17, 15) is 13.6 Å². The summed E-state index contributed by atoms with van der Waals surface area (Å²) in [6.45, 7) is 2.82. The number of hydrogen-bond acceptors (Lipinski definition) is 3. The van der Waals surface area contributed by atoms with Gasteiger partial charge >= 0.3 is 0 Å². The molecule has 0 fully saturated rings. The minimum atomic E-state index is -2.74. The summed E-state index contributed by atoms with van der Waals surface area (Å²) < 4.78 is 28.5. The fourth-order valence-electron chi connectivity index (χ4n) is 5.03. The van der Waals surface area contributed by atoms with Gasteiger partial charge in [0.2, 0.25) is 0 Å². The maximum Gasteiger partial charge on any atom is 0.280 e. The lowest BCUT2D eigenvalue weighted by molar-refractivity contribution is 0.0954. The molecule has 39 heavy (non-hydrogen) atoms. The van der Waals surface area contributed by atoms with Crippen molar-refractivity contribution in [3.05, 3.63) is 53.9 Å². The van der Waals surface area contributed by atoms with Crippen LogP contribution in [0.1, 0.15) is 132 Å². The molecule has 0 saturated carbocycles. The normalized spacial score (nSPS) is 11.5. The molecule has 0 aliphatic rings. The van der Waals surface area contributed by atoms with Gasteiger partial charge in [-0.2, -0.15) is 5.10 Å². The van der Waals surface area contributed by atoms with Crippen LogP contribution in [0.2, 0.25) is 0 Å². The number of rotatable bonds is 20. The maximum absolute atomic E-state index is 13.7. The average molecular weight is 541 g/mol. The molecular formula is C32H46F2N4O. The Morgan fingerprint density at radius 3 is 1.90 bits per heavy atom. The van der Waals surface area contributed by atoms with E-state index in [1.165, 1.54) is 102 Å². The molecule has 2 heterocycles. The van der Waals surface area contributed by atoms with Crippen LogP contribution in [-0.4, -0.2) is 27.0 Å². The summed E-state index contributed by atoms with van der Waals surface area (Å²) in [5.74, 6) is -0.330. The molecule has 1 N–H and O–H groups in total. The van der Waals surface area contributed by atoms with E-state index in [-0.39, 0.29) is 22.8 Å². The molecule has 0 aliphatic carbocycles. The first-order valence-electron chi connectivity index (χ1n) is 15.1. The van der Waals surface area contributed by atoms with Crippen LogP contribution < -0.4 is 5.32 Å². The average Bonchev–Trinajstić information content (AvgIpc) is 3.38. The zero-order valence-corrected chi connectivity index (χ0v) is 23.6. The summed E-state index contributed by atoms with van der Waals surface area (Å²) >= 11 is 0. The molecule has 0 unspecified atom stereocenters. The summed E-state index contributed by atoms with van der Waals surface area (Å²) in [4.78, 5) is 17.3. The van der Waals surface area contributed by atoms with E-state index in [1.54, 1.807) is 0 Å². The Bertz CT molecular complexity index is 1100. The number of alkyl halides is 2. The first-order chi connectivity index (χ1) is 19.1. The minimum absolute atomic E-state index is 0.149. The third-order valence-electron chi connectivity index (χ3n) is 7.35. The first kappa shape index (κ1) is 30.7. The highest BCUT2D eigenvalue weighted by atomic mass is 19.3. The molecule has 0 spiro atoms. The molecular weight excluding hydrogens is 494 g/mol. The van der Waals surface area contributed by atoms with Crippen molar-refractivity contribution in [3.63, 3.8) is 0 Å². The van der Waals surface area contributed by atoms with Gasteiger partial charge in [-0.1, -0.05) is 134 Å². The van der Waals surface area contributed by atoms with Gasteiger partial charge in [-0.3, -0.25) is 4.79 Å². The van der Waals surface area contributed by atoms with Gasteiger partial charge in [-0.05, 0) is 12.5 Å². The third-order valence-corrected chi connectivity index (χ3v) is 7.35. The van der Waals surface area contributed by atoms with Gasteiger partial charge in [0.1, 0.15) is 11.3 Å². The molecule has 0 saturated heterocycles. The van der Waals surface area contributed by atoms with Gasteiger partial charge in [-0.15, -0.1) is 0 Å². The number of benzene rings is 1. The van der Waals surface area contributed by atoms with Crippen molar-refractivity contribution < 1.29 is 13.6 Å². The Balaban J connectivity index is 1.31. The van der Waals surface area contributed by atoms with Crippen molar-refractivity contribution in [2.45, 2.75) is 116 Å². The Labute approximate surface area is 232 Å². The fourth-order valence-corrected chi connectivity index (χ4v) is 5.03. The van der Waals surface area contributed by atoms with Crippen molar-refractivity contribution in [3.8, 4) is 11.3 Å². The van der Waals surface area contributed by atoms with E-state index in [0.29, 0.717) is 17.8 Å². The van der Waals surface area contributed by atoms with Gasteiger partial charge in [0.05, 0.1) is 11.9 Å². The van der Waals surface area contributed by atoms with Crippen LogP contribution in [0.15, 0.2) is 42.6 Å². The highest BCUT2D eigenvalue weighted by Crippen LogP contribution is 2.26. The molecule has 0 atom stereocenters. The Hall–Kier alpha value is -2.83. The van der Waals surface area contributed by atoms with Crippen LogP contribution in [0.3, 0.4) is 0 Å². The SMILES string of the molecule is CCCCCCCCCCCCCCCCCCNC(=O)c1cnn2c(C(F)F)cc(-c3ccccc3)nc12.